The first-order chi connectivity index (χ1) is 15.5. The Morgan fingerprint density at radius 3 is 2.72 bits per heavy atom. The molecule has 1 aromatic heterocycles. The summed E-state index contributed by atoms with van der Waals surface area (Å²) in [6.45, 7) is 1.95. The van der Waals surface area contributed by atoms with Crippen LogP contribution in [0, 0.1) is 0 Å². The Labute approximate surface area is 196 Å². The van der Waals surface area contributed by atoms with E-state index in [4.69, 9.17) is 4.74 Å². The molecule has 1 aliphatic rings. The summed E-state index contributed by atoms with van der Waals surface area (Å²) in [5, 5.41) is 16.5. The number of carboxylic acid groups (broad SMARTS) is 1. The number of carbonyl (C=O) groups excluding carboxylic acids is 2. The SMILES string of the molecule is CCOC(=O)[C@H](CCc1ccccc1)NC1CSC(c2ccsc2)CN(CC(=O)O)C1=O. The molecule has 1 amide bonds. The van der Waals surface area contributed by atoms with Gasteiger partial charge in [-0.25, -0.2) is 0 Å². The summed E-state index contributed by atoms with van der Waals surface area (Å²) < 4.78 is 5.25. The van der Waals surface area contributed by atoms with Crippen LogP contribution in [0.3, 0.4) is 0 Å². The van der Waals surface area contributed by atoms with Gasteiger partial charge in [0, 0.05) is 17.5 Å². The maximum absolute atomic E-state index is 13.2. The zero-order valence-corrected chi connectivity index (χ0v) is 19.6. The van der Waals surface area contributed by atoms with Gasteiger partial charge in [0.1, 0.15) is 12.6 Å². The molecule has 172 valence electrons. The van der Waals surface area contributed by atoms with Crippen LogP contribution in [-0.2, 0) is 25.5 Å². The summed E-state index contributed by atoms with van der Waals surface area (Å²) in [5.74, 6) is -1.31. The largest absolute Gasteiger partial charge is 0.480 e. The van der Waals surface area contributed by atoms with E-state index in [1.54, 1.807) is 30.0 Å². The van der Waals surface area contributed by atoms with Gasteiger partial charge in [0.2, 0.25) is 5.91 Å². The number of hydrogen-bond donors (Lipinski definition) is 2. The summed E-state index contributed by atoms with van der Waals surface area (Å²) in [6.07, 6.45) is 1.13. The number of rotatable bonds is 10. The van der Waals surface area contributed by atoms with Crippen LogP contribution in [0.1, 0.15) is 29.7 Å². The van der Waals surface area contributed by atoms with Crippen molar-refractivity contribution in [2.24, 2.45) is 0 Å². The second kappa shape index (κ2) is 12.0. The Kier molecular flexibility index (Phi) is 9.13. The van der Waals surface area contributed by atoms with E-state index in [0.29, 0.717) is 25.1 Å². The smallest absolute Gasteiger partial charge is 0.323 e. The number of amides is 1. The Morgan fingerprint density at radius 1 is 1.28 bits per heavy atom. The highest BCUT2D eigenvalue weighted by atomic mass is 32.2. The molecule has 3 rings (SSSR count). The van der Waals surface area contributed by atoms with Gasteiger partial charge in [-0.2, -0.15) is 11.3 Å². The average molecular weight is 477 g/mol. The van der Waals surface area contributed by atoms with Crippen LogP contribution in [-0.4, -0.2) is 65.4 Å². The van der Waals surface area contributed by atoms with E-state index < -0.39 is 24.0 Å². The molecule has 0 bridgehead atoms. The van der Waals surface area contributed by atoms with Gasteiger partial charge in [0.15, 0.2) is 0 Å². The minimum absolute atomic E-state index is 0.0123. The lowest BCUT2D eigenvalue weighted by molar-refractivity contribution is -0.148. The lowest BCUT2D eigenvalue weighted by Gasteiger charge is -2.26. The van der Waals surface area contributed by atoms with Crippen LogP contribution in [0.2, 0.25) is 0 Å². The van der Waals surface area contributed by atoms with Crippen molar-refractivity contribution in [2.75, 3.05) is 25.4 Å². The maximum atomic E-state index is 13.2. The van der Waals surface area contributed by atoms with Gasteiger partial charge in [-0.3, -0.25) is 19.7 Å². The number of esters is 1. The summed E-state index contributed by atoms with van der Waals surface area (Å²) in [7, 11) is 0. The molecule has 3 atom stereocenters. The zero-order valence-electron chi connectivity index (χ0n) is 17.9. The van der Waals surface area contributed by atoms with Crippen LogP contribution in [0.25, 0.3) is 0 Å². The second-order valence-electron chi connectivity index (χ2n) is 7.54. The number of aliphatic carboxylic acids is 1. The predicted octanol–water partition coefficient (Wildman–Crippen LogP) is 2.97. The molecule has 2 N–H and O–H groups in total. The molecule has 1 aliphatic heterocycles. The number of ether oxygens (including phenoxy) is 1. The quantitative estimate of drug-likeness (QED) is 0.509. The number of thioether (sulfide) groups is 1. The number of thiophene rings is 1. The standard InChI is InChI=1S/C23H28N2O5S2/c1-2-30-23(29)18(9-8-16-6-4-3-5-7-16)24-19-15-32-20(17-10-11-31-14-17)12-25(22(19)28)13-21(26)27/h3-7,10-11,14,18-20,24H,2,8-9,12-13,15H2,1H3,(H,26,27)/t18-,19?,20?/m0/s1. The zero-order chi connectivity index (χ0) is 22.9. The van der Waals surface area contributed by atoms with Crippen LogP contribution >= 0.6 is 23.1 Å². The molecule has 0 spiro atoms. The molecule has 1 aromatic carbocycles. The van der Waals surface area contributed by atoms with Crippen LogP contribution in [0.4, 0.5) is 0 Å². The molecular formula is C23H28N2O5S2. The number of hydrogen-bond acceptors (Lipinski definition) is 7. The summed E-state index contributed by atoms with van der Waals surface area (Å²) in [4.78, 5) is 38.6. The minimum atomic E-state index is -1.06. The third-order valence-corrected chi connectivity index (χ3v) is 7.29. The molecule has 2 unspecified atom stereocenters. The third-order valence-electron chi connectivity index (χ3n) is 5.24. The normalized spacial score (nSPS) is 19.9. The summed E-state index contributed by atoms with van der Waals surface area (Å²) in [6, 6.07) is 10.5. The molecule has 0 radical (unpaired) electrons. The van der Waals surface area contributed by atoms with Gasteiger partial charge in [-0.05, 0) is 47.7 Å². The van der Waals surface area contributed by atoms with Crippen molar-refractivity contribution in [3.8, 4) is 0 Å². The lowest BCUT2D eigenvalue weighted by Crippen LogP contribution is -2.53. The summed E-state index contributed by atoms with van der Waals surface area (Å²) in [5.41, 5.74) is 2.17. The van der Waals surface area contributed by atoms with E-state index in [0.717, 1.165) is 11.1 Å². The Balaban J connectivity index is 1.75. The molecule has 1 saturated heterocycles. The molecule has 2 heterocycles. The molecule has 9 heteroatoms. The van der Waals surface area contributed by atoms with E-state index in [9.17, 15) is 19.5 Å². The first-order valence-corrected chi connectivity index (χ1v) is 12.6. The fourth-order valence-electron chi connectivity index (χ4n) is 3.64. The Morgan fingerprint density at radius 2 is 2.06 bits per heavy atom. The van der Waals surface area contributed by atoms with Gasteiger partial charge in [-0.15, -0.1) is 11.8 Å². The van der Waals surface area contributed by atoms with Gasteiger partial charge < -0.3 is 14.7 Å². The highest BCUT2D eigenvalue weighted by Crippen LogP contribution is 2.34. The third kappa shape index (κ3) is 6.82. The fraction of sp³-hybridized carbons (Fsp3) is 0.435. The molecular weight excluding hydrogens is 448 g/mol. The topological polar surface area (TPSA) is 95.9 Å². The number of carboxylic acids is 1. The average Bonchev–Trinajstić information content (AvgIpc) is 3.27. The molecule has 0 saturated carbocycles. The molecule has 7 nitrogen and oxygen atoms in total. The van der Waals surface area contributed by atoms with Gasteiger partial charge in [-0.1, -0.05) is 30.3 Å². The first kappa shape index (κ1) is 24.3. The van der Waals surface area contributed by atoms with E-state index >= 15 is 0 Å². The first-order valence-electron chi connectivity index (χ1n) is 10.6. The van der Waals surface area contributed by atoms with E-state index in [1.165, 1.54) is 4.90 Å². The van der Waals surface area contributed by atoms with Crippen molar-refractivity contribution in [1.29, 1.82) is 0 Å². The number of benzene rings is 1. The Hall–Kier alpha value is -2.36. The van der Waals surface area contributed by atoms with Crippen molar-refractivity contribution in [3.05, 3.63) is 58.3 Å². The predicted molar refractivity (Wildman–Crippen MR) is 126 cm³/mol. The van der Waals surface area contributed by atoms with E-state index in [-0.39, 0.29) is 24.3 Å². The maximum Gasteiger partial charge on any atom is 0.323 e. The van der Waals surface area contributed by atoms with Crippen LogP contribution in [0.5, 0.6) is 0 Å². The van der Waals surface area contributed by atoms with Crippen LogP contribution in [0.15, 0.2) is 47.2 Å². The van der Waals surface area contributed by atoms with Crippen molar-refractivity contribution in [2.45, 2.75) is 37.1 Å². The molecule has 2 aromatic rings. The van der Waals surface area contributed by atoms with Crippen molar-refractivity contribution >= 4 is 40.9 Å². The molecule has 1 fully saturated rings. The Bertz CT molecular complexity index is 891. The lowest BCUT2D eigenvalue weighted by atomic mass is 10.0. The van der Waals surface area contributed by atoms with Gasteiger partial charge in [0.05, 0.1) is 12.6 Å². The van der Waals surface area contributed by atoms with Gasteiger partial charge >= 0.3 is 11.9 Å². The van der Waals surface area contributed by atoms with Crippen LogP contribution < -0.4 is 5.32 Å². The minimum Gasteiger partial charge on any atom is -0.480 e. The van der Waals surface area contributed by atoms with Crippen molar-refractivity contribution < 1.29 is 24.2 Å². The summed E-state index contributed by atoms with van der Waals surface area (Å²) >= 11 is 3.17. The number of nitrogens with one attached hydrogen (secondary N) is 1. The highest BCUT2D eigenvalue weighted by molar-refractivity contribution is 7.99. The number of nitrogens with zero attached hydrogens (tertiary/aromatic N) is 1. The fourth-order valence-corrected chi connectivity index (χ4v) is 5.73. The van der Waals surface area contributed by atoms with E-state index in [2.05, 4.69) is 5.32 Å². The van der Waals surface area contributed by atoms with Crippen molar-refractivity contribution in [3.63, 3.8) is 0 Å². The van der Waals surface area contributed by atoms with Crippen molar-refractivity contribution in [1.82, 2.24) is 10.2 Å². The highest BCUT2D eigenvalue weighted by Gasteiger charge is 2.35. The molecule has 32 heavy (non-hydrogen) atoms. The number of carbonyl (C=O) groups is 3. The monoisotopic (exact) mass is 476 g/mol. The van der Waals surface area contributed by atoms with Gasteiger partial charge in [0.25, 0.3) is 0 Å². The second-order valence-corrected chi connectivity index (χ2v) is 9.56. The van der Waals surface area contributed by atoms with E-state index in [1.807, 2.05) is 47.2 Å². The number of aryl methyl sites for hydroxylation is 1. The molecule has 0 aliphatic carbocycles.